The number of aryl methyl sites for hydroxylation is 1. The SMILES string of the molecule is Cc1ccc2ccccc2c1C#CCNC(=O)OCc1ccccc1. The van der Waals surface area contributed by atoms with Crippen LogP contribution in [0.25, 0.3) is 10.8 Å². The minimum absolute atomic E-state index is 0.246. The second kappa shape index (κ2) is 8.03. The average Bonchev–Trinajstić information content (AvgIpc) is 2.65. The summed E-state index contributed by atoms with van der Waals surface area (Å²) in [5, 5.41) is 4.94. The van der Waals surface area contributed by atoms with Gasteiger partial charge in [-0.15, -0.1) is 0 Å². The van der Waals surface area contributed by atoms with Gasteiger partial charge in [-0.25, -0.2) is 4.79 Å². The molecule has 0 saturated carbocycles. The molecule has 25 heavy (non-hydrogen) atoms. The quantitative estimate of drug-likeness (QED) is 0.722. The van der Waals surface area contributed by atoms with Crippen LogP contribution in [0.2, 0.25) is 0 Å². The van der Waals surface area contributed by atoms with E-state index in [9.17, 15) is 4.79 Å². The summed E-state index contributed by atoms with van der Waals surface area (Å²) >= 11 is 0. The summed E-state index contributed by atoms with van der Waals surface area (Å²) in [5.74, 6) is 6.17. The molecule has 0 atom stereocenters. The Morgan fingerprint density at radius 3 is 2.60 bits per heavy atom. The van der Waals surface area contributed by atoms with Crippen molar-refractivity contribution in [2.45, 2.75) is 13.5 Å². The van der Waals surface area contributed by atoms with E-state index < -0.39 is 6.09 Å². The van der Waals surface area contributed by atoms with Crippen molar-refractivity contribution in [3.05, 3.63) is 83.4 Å². The zero-order valence-corrected chi connectivity index (χ0v) is 14.1. The molecule has 0 fully saturated rings. The van der Waals surface area contributed by atoms with Crippen molar-refractivity contribution < 1.29 is 9.53 Å². The molecule has 3 aromatic rings. The Morgan fingerprint density at radius 2 is 1.76 bits per heavy atom. The van der Waals surface area contributed by atoms with Crippen molar-refractivity contribution in [1.82, 2.24) is 5.32 Å². The van der Waals surface area contributed by atoms with Crippen molar-refractivity contribution in [3.8, 4) is 11.8 Å². The number of alkyl carbamates (subject to hydrolysis) is 1. The number of ether oxygens (including phenoxy) is 1. The summed E-state index contributed by atoms with van der Waals surface area (Å²) in [4.78, 5) is 11.7. The van der Waals surface area contributed by atoms with Crippen LogP contribution in [-0.4, -0.2) is 12.6 Å². The van der Waals surface area contributed by atoms with Crippen molar-refractivity contribution in [2.75, 3.05) is 6.54 Å². The molecule has 3 nitrogen and oxygen atoms in total. The Bertz CT molecular complexity index is 936. The molecule has 1 amide bonds. The number of hydrogen-bond acceptors (Lipinski definition) is 2. The highest BCUT2D eigenvalue weighted by molar-refractivity contribution is 5.89. The van der Waals surface area contributed by atoms with E-state index in [0.717, 1.165) is 27.5 Å². The number of fused-ring (bicyclic) bond motifs is 1. The maximum atomic E-state index is 11.7. The number of carbonyl (C=O) groups is 1. The van der Waals surface area contributed by atoms with E-state index in [4.69, 9.17) is 4.74 Å². The van der Waals surface area contributed by atoms with Gasteiger partial charge in [0.25, 0.3) is 0 Å². The van der Waals surface area contributed by atoms with E-state index in [1.54, 1.807) is 0 Å². The molecule has 3 heteroatoms. The van der Waals surface area contributed by atoms with Gasteiger partial charge in [-0.05, 0) is 28.8 Å². The highest BCUT2D eigenvalue weighted by Gasteiger charge is 2.02. The third kappa shape index (κ3) is 4.39. The molecule has 0 aliphatic rings. The van der Waals surface area contributed by atoms with Gasteiger partial charge < -0.3 is 10.1 Å². The third-order valence-electron chi connectivity index (χ3n) is 3.88. The first-order chi connectivity index (χ1) is 12.2. The molecular formula is C22H19NO2. The van der Waals surface area contributed by atoms with Gasteiger partial charge in [0.2, 0.25) is 0 Å². The lowest BCUT2D eigenvalue weighted by Crippen LogP contribution is -2.24. The lowest BCUT2D eigenvalue weighted by Gasteiger charge is -2.05. The average molecular weight is 329 g/mol. The second-order valence-corrected chi connectivity index (χ2v) is 5.70. The maximum absolute atomic E-state index is 11.7. The second-order valence-electron chi connectivity index (χ2n) is 5.70. The van der Waals surface area contributed by atoms with E-state index in [1.165, 1.54) is 0 Å². The molecule has 3 aromatic carbocycles. The number of carbonyl (C=O) groups excluding carboxylic acids is 1. The lowest BCUT2D eigenvalue weighted by atomic mass is 10.0. The Kier molecular flexibility index (Phi) is 5.33. The summed E-state index contributed by atoms with van der Waals surface area (Å²) < 4.78 is 5.16. The lowest BCUT2D eigenvalue weighted by molar-refractivity contribution is 0.141. The third-order valence-corrected chi connectivity index (χ3v) is 3.88. The standard InChI is InChI=1S/C22H19NO2/c1-17-13-14-19-10-5-6-11-21(19)20(17)12-7-15-23-22(24)25-16-18-8-3-2-4-9-18/h2-6,8-11,13-14H,15-16H2,1H3,(H,23,24). The van der Waals surface area contributed by atoms with Crippen LogP contribution in [0, 0.1) is 18.8 Å². The minimum atomic E-state index is -0.465. The summed E-state index contributed by atoms with van der Waals surface area (Å²) in [6, 6.07) is 21.9. The first-order valence-electron chi connectivity index (χ1n) is 8.16. The van der Waals surface area contributed by atoms with Crippen LogP contribution < -0.4 is 5.32 Å². The van der Waals surface area contributed by atoms with Gasteiger partial charge in [0.05, 0.1) is 6.54 Å². The van der Waals surface area contributed by atoms with Crippen molar-refractivity contribution in [1.29, 1.82) is 0 Å². The van der Waals surface area contributed by atoms with Gasteiger partial charge in [0.1, 0.15) is 6.61 Å². The van der Waals surface area contributed by atoms with Gasteiger partial charge in [0.15, 0.2) is 0 Å². The van der Waals surface area contributed by atoms with E-state index in [0.29, 0.717) is 0 Å². The van der Waals surface area contributed by atoms with E-state index in [2.05, 4.69) is 41.4 Å². The zero-order valence-electron chi connectivity index (χ0n) is 14.1. The first kappa shape index (κ1) is 16.6. The Hall–Kier alpha value is -3.25. The van der Waals surface area contributed by atoms with Gasteiger partial charge in [-0.3, -0.25) is 0 Å². The Labute approximate surface area is 147 Å². The number of hydrogen-bond donors (Lipinski definition) is 1. The molecular weight excluding hydrogens is 310 g/mol. The summed E-state index contributed by atoms with van der Waals surface area (Å²) in [5.41, 5.74) is 3.07. The van der Waals surface area contributed by atoms with Gasteiger partial charge in [-0.1, -0.05) is 78.6 Å². The largest absolute Gasteiger partial charge is 0.445 e. The molecule has 0 bridgehead atoms. The van der Waals surface area contributed by atoms with Gasteiger partial charge in [0, 0.05) is 5.56 Å². The van der Waals surface area contributed by atoms with Crippen LogP contribution in [0.5, 0.6) is 0 Å². The first-order valence-corrected chi connectivity index (χ1v) is 8.16. The summed E-state index contributed by atoms with van der Waals surface area (Å²) in [7, 11) is 0. The molecule has 124 valence electrons. The van der Waals surface area contributed by atoms with Crippen molar-refractivity contribution >= 4 is 16.9 Å². The fourth-order valence-corrected chi connectivity index (χ4v) is 2.57. The number of nitrogens with one attached hydrogen (secondary N) is 1. The Morgan fingerprint density at radius 1 is 1.00 bits per heavy atom. The smallest absolute Gasteiger partial charge is 0.408 e. The van der Waals surface area contributed by atoms with Crippen molar-refractivity contribution in [3.63, 3.8) is 0 Å². The molecule has 0 spiro atoms. The number of rotatable bonds is 3. The fraction of sp³-hybridized carbons (Fsp3) is 0.136. The van der Waals surface area contributed by atoms with Gasteiger partial charge >= 0.3 is 6.09 Å². The minimum Gasteiger partial charge on any atom is -0.445 e. The monoisotopic (exact) mass is 329 g/mol. The highest BCUT2D eigenvalue weighted by atomic mass is 16.5. The predicted molar refractivity (Wildman–Crippen MR) is 100 cm³/mol. The van der Waals surface area contributed by atoms with Crippen LogP contribution in [-0.2, 0) is 11.3 Å². The fourth-order valence-electron chi connectivity index (χ4n) is 2.57. The summed E-state index contributed by atoms with van der Waals surface area (Å²) in [6.45, 7) is 2.54. The molecule has 0 heterocycles. The molecule has 0 unspecified atom stereocenters. The maximum Gasteiger partial charge on any atom is 0.408 e. The van der Waals surface area contributed by atoms with Crippen LogP contribution >= 0.6 is 0 Å². The molecule has 0 saturated heterocycles. The highest BCUT2D eigenvalue weighted by Crippen LogP contribution is 2.20. The predicted octanol–water partition coefficient (Wildman–Crippen LogP) is 4.43. The van der Waals surface area contributed by atoms with Crippen LogP contribution in [0.1, 0.15) is 16.7 Å². The molecule has 0 aliphatic carbocycles. The molecule has 1 N–H and O–H groups in total. The topological polar surface area (TPSA) is 38.3 Å². The number of benzene rings is 3. The molecule has 0 aromatic heterocycles. The summed E-state index contributed by atoms with van der Waals surface area (Å²) in [6.07, 6.45) is -0.465. The molecule has 3 rings (SSSR count). The van der Waals surface area contributed by atoms with E-state index in [1.807, 2.05) is 49.4 Å². The van der Waals surface area contributed by atoms with E-state index >= 15 is 0 Å². The molecule has 0 aliphatic heterocycles. The normalized spacial score (nSPS) is 9.96. The zero-order chi connectivity index (χ0) is 17.5. The Balaban J connectivity index is 1.58. The van der Waals surface area contributed by atoms with Crippen LogP contribution in [0.15, 0.2) is 66.7 Å². The molecule has 0 radical (unpaired) electrons. The van der Waals surface area contributed by atoms with Crippen LogP contribution in [0.4, 0.5) is 4.79 Å². The van der Waals surface area contributed by atoms with Gasteiger partial charge in [-0.2, -0.15) is 0 Å². The van der Waals surface area contributed by atoms with Crippen molar-refractivity contribution in [2.24, 2.45) is 0 Å². The van der Waals surface area contributed by atoms with E-state index in [-0.39, 0.29) is 13.2 Å². The van der Waals surface area contributed by atoms with Crippen LogP contribution in [0.3, 0.4) is 0 Å². The number of amides is 1.